The lowest BCUT2D eigenvalue weighted by molar-refractivity contribution is -0.121. The highest BCUT2D eigenvalue weighted by atomic mass is 32.2. The van der Waals surface area contributed by atoms with Crippen LogP contribution in [0.25, 0.3) is 0 Å². The Labute approximate surface area is 159 Å². The Balaban J connectivity index is 1.50. The number of para-hydroxylation sites is 1. The van der Waals surface area contributed by atoms with Crippen LogP contribution < -0.4 is 5.32 Å². The van der Waals surface area contributed by atoms with Gasteiger partial charge in [-0.15, -0.1) is 0 Å². The minimum absolute atomic E-state index is 0.0747. The van der Waals surface area contributed by atoms with Crippen LogP contribution in [0.2, 0.25) is 0 Å². The highest BCUT2D eigenvalue weighted by Crippen LogP contribution is 2.38. The molecule has 0 unspecified atom stereocenters. The summed E-state index contributed by atoms with van der Waals surface area (Å²) in [4.78, 5) is 15.0. The van der Waals surface area contributed by atoms with Crippen molar-refractivity contribution >= 4 is 21.4 Å². The molecule has 2 aliphatic rings. The largest absolute Gasteiger partial charge is 0.326 e. The number of likely N-dealkylation sites (tertiary alicyclic amines) is 1. The van der Waals surface area contributed by atoms with E-state index in [1.165, 1.54) is 0 Å². The molecule has 0 saturated carbocycles. The van der Waals surface area contributed by atoms with Crippen molar-refractivity contribution in [1.82, 2.24) is 14.7 Å². The van der Waals surface area contributed by atoms with Gasteiger partial charge in [-0.25, -0.2) is 8.42 Å². The third-order valence-electron chi connectivity index (χ3n) is 5.62. The van der Waals surface area contributed by atoms with Gasteiger partial charge in [0.1, 0.15) is 0 Å². The molecule has 1 amide bonds. The zero-order valence-electron chi connectivity index (χ0n) is 15.3. The summed E-state index contributed by atoms with van der Waals surface area (Å²) in [6, 6.07) is 9.33. The number of carbonyl (C=O) groups is 1. The van der Waals surface area contributed by atoms with Crippen molar-refractivity contribution in [3.8, 4) is 0 Å². The monoisotopic (exact) mass is 388 g/mol. The molecule has 1 aromatic carbocycles. The highest BCUT2D eigenvalue weighted by Gasteiger charge is 2.50. The maximum Gasteiger partial charge on any atom is 0.227 e. The van der Waals surface area contributed by atoms with Crippen LogP contribution in [0.5, 0.6) is 0 Å². The number of nitrogens with zero attached hydrogens (tertiary/aromatic N) is 3. The van der Waals surface area contributed by atoms with E-state index in [9.17, 15) is 13.2 Å². The van der Waals surface area contributed by atoms with Gasteiger partial charge in [0.2, 0.25) is 5.91 Å². The fourth-order valence-electron chi connectivity index (χ4n) is 4.33. The molecule has 0 spiro atoms. The lowest BCUT2D eigenvalue weighted by atomic mass is 9.87. The maximum atomic E-state index is 12.9. The highest BCUT2D eigenvalue weighted by molar-refractivity contribution is 7.92. The van der Waals surface area contributed by atoms with Crippen LogP contribution in [0.4, 0.5) is 5.69 Å². The van der Waals surface area contributed by atoms with E-state index in [1.54, 1.807) is 10.9 Å². The molecule has 2 aliphatic heterocycles. The number of carbonyl (C=O) groups excluding carboxylic acids is 1. The summed E-state index contributed by atoms with van der Waals surface area (Å²) >= 11 is 0. The first-order valence-electron chi connectivity index (χ1n) is 9.20. The fraction of sp³-hybridized carbons (Fsp3) is 0.474. The molecule has 2 aromatic rings. The number of hydrogen-bond acceptors (Lipinski definition) is 5. The third kappa shape index (κ3) is 3.77. The van der Waals surface area contributed by atoms with Gasteiger partial charge in [0.25, 0.3) is 0 Å². The molecule has 2 saturated heterocycles. The van der Waals surface area contributed by atoms with Crippen LogP contribution in [0, 0.1) is 11.8 Å². The van der Waals surface area contributed by atoms with E-state index in [0.29, 0.717) is 26.1 Å². The number of amides is 1. The van der Waals surface area contributed by atoms with Gasteiger partial charge in [0.15, 0.2) is 9.84 Å². The number of aryl methyl sites for hydroxylation is 1. The average molecular weight is 388 g/mol. The summed E-state index contributed by atoms with van der Waals surface area (Å²) in [5.74, 6) is -0.432. The molecule has 144 valence electrons. The summed E-state index contributed by atoms with van der Waals surface area (Å²) < 4.78 is 27.0. The van der Waals surface area contributed by atoms with Gasteiger partial charge in [-0.05, 0) is 18.6 Å². The summed E-state index contributed by atoms with van der Waals surface area (Å²) in [6.45, 7) is 1.76. The van der Waals surface area contributed by atoms with E-state index < -0.39 is 15.1 Å². The molecule has 0 aliphatic carbocycles. The van der Waals surface area contributed by atoms with Gasteiger partial charge in [-0.1, -0.05) is 18.2 Å². The summed E-state index contributed by atoms with van der Waals surface area (Å²) in [6.07, 6.45) is 4.13. The molecule has 3 heterocycles. The van der Waals surface area contributed by atoms with Crippen molar-refractivity contribution in [3.63, 3.8) is 0 Å². The zero-order chi connectivity index (χ0) is 19.0. The maximum absolute atomic E-state index is 12.9. The van der Waals surface area contributed by atoms with E-state index >= 15 is 0 Å². The number of rotatable bonds is 4. The zero-order valence-corrected chi connectivity index (χ0v) is 16.1. The normalized spacial score (nSPS) is 27.2. The average Bonchev–Trinajstić information content (AvgIpc) is 3.23. The van der Waals surface area contributed by atoms with Gasteiger partial charge in [-0.2, -0.15) is 5.10 Å². The second-order valence-electron chi connectivity index (χ2n) is 7.54. The van der Waals surface area contributed by atoms with Crippen LogP contribution >= 0.6 is 0 Å². The van der Waals surface area contributed by atoms with Crippen molar-refractivity contribution in [3.05, 3.63) is 48.3 Å². The van der Waals surface area contributed by atoms with Crippen LogP contribution in [-0.4, -0.2) is 53.1 Å². The summed E-state index contributed by atoms with van der Waals surface area (Å²) in [7, 11) is -1.30. The van der Waals surface area contributed by atoms with Crippen LogP contribution in [0.1, 0.15) is 12.0 Å². The van der Waals surface area contributed by atoms with Crippen LogP contribution in [0.3, 0.4) is 0 Å². The molecule has 0 radical (unpaired) electrons. The molecular formula is C19H24N4O3S. The molecular weight excluding hydrogens is 364 g/mol. The van der Waals surface area contributed by atoms with Crippen molar-refractivity contribution in [1.29, 1.82) is 0 Å². The van der Waals surface area contributed by atoms with E-state index in [-0.39, 0.29) is 23.5 Å². The van der Waals surface area contributed by atoms with Gasteiger partial charge >= 0.3 is 0 Å². The van der Waals surface area contributed by atoms with Crippen LogP contribution in [-0.2, 0) is 28.2 Å². The third-order valence-corrected chi connectivity index (χ3v) is 7.84. The number of hydrogen-bond donors (Lipinski definition) is 1. The minimum Gasteiger partial charge on any atom is -0.326 e. The van der Waals surface area contributed by atoms with E-state index in [1.807, 2.05) is 43.6 Å². The van der Waals surface area contributed by atoms with Gasteiger partial charge in [0.05, 0.1) is 17.2 Å². The Kier molecular flexibility index (Phi) is 4.77. The summed E-state index contributed by atoms with van der Waals surface area (Å²) in [5.41, 5.74) is 1.80. The lowest BCUT2D eigenvalue weighted by Gasteiger charge is -2.31. The molecule has 4 rings (SSSR count). The first-order chi connectivity index (χ1) is 12.9. The van der Waals surface area contributed by atoms with E-state index in [0.717, 1.165) is 11.3 Å². The Morgan fingerprint density at radius 3 is 2.74 bits per heavy atom. The molecule has 0 bridgehead atoms. The Morgan fingerprint density at radius 2 is 2.04 bits per heavy atom. The number of benzene rings is 1. The SMILES string of the molecule is Cn1cc(CN2C[C@H]3[C@@H](C(=O)Nc4ccccc4)CCS(=O)(=O)[C@H]3C2)cn1. The van der Waals surface area contributed by atoms with E-state index in [4.69, 9.17) is 0 Å². The van der Waals surface area contributed by atoms with E-state index in [2.05, 4.69) is 15.3 Å². The van der Waals surface area contributed by atoms with Crippen molar-refractivity contribution < 1.29 is 13.2 Å². The van der Waals surface area contributed by atoms with Gasteiger partial charge in [0, 0.05) is 56.0 Å². The number of sulfone groups is 1. The first-order valence-corrected chi connectivity index (χ1v) is 10.9. The standard InChI is InChI=1S/C19H24N4O3S/c1-22-10-14(9-20-22)11-23-12-17-16(7-8-27(25,26)18(17)13-23)19(24)21-15-5-3-2-4-6-15/h2-6,9-10,16-18H,7-8,11-13H2,1H3,(H,21,24)/t16-,17-,18-/m0/s1. The second-order valence-corrected chi connectivity index (χ2v) is 9.88. The molecule has 2 fully saturated rings. The molecule has 1 N–H and O–H groups in total. The smallest absolute Gasteiger partial charge is 0.227 e. The van der Waals surface area contributed by atoms with Crippen molar-refractivity contribution in [2.45, 2.75) is 18.2 Å². The van der Waals surface area contributed by atoms with Crippen LogP contribution in [0.15, 0.2) is 42.7 Å². The van der Waals surface area contributed by atoms with Gasteiger partial charge < -0.3 is 5.32 Å². The number of nitrogens with one attached hydrogen (secondary N) is 1. The fourth-order valence-corrected chi connectivity index (χ4v) is 6.46. The Hall–Kier alpha value is -2.19. The van der Waals surface area contributed by atoms with Crippen molar-refractivity contribution in [2.24, 2.45) is 18.9 Å². The first kappa shape index (κ1) is 18.2. The number of fused-ring (bicyclic) bond motifs is 1. The van der Waals surface area contributed by atoms with Crippen molar-refractivity contribution in [2.75, 3.05) is 24.2 Å². The lowest BCUT2D eigenvalue weighted by Crippen LogP contribution is -2.45. The molecule has 3 atom stereocenters. The van der Waals surface area contributed by atoms with Gasteiger partial charge in [-0.3, -0.25) is 14.4 Å². The molecule has 8 heteroatoms. The number of aromatic nitrogens is 2. The Bertz CT molecular complexity index is 925. The molecule has 7 nitrogen and oxygen atoms in total. The predicted octanol–water partition coefficient (Wildman–Crippen LogP) is 1.29. The quantitative estimate of drug-likeness (QED) is 0.853. The predicted molar refractivity (Wildman–Crippen MR) is 103 cm³/mol. The topological polar surface area (TPSA) is 84.3 Å². The number of anilines is 1. The second kappa shape index (κ2) is 7.09. The minimum atomic E-state index is -3.16. The molecule has 1 aromatic heterocycles. The molecule has 27 heavy (non-hydrogen) atoms. The Morgan fingerprint density at radius 1 is 1.26 bits per heavy atom. The summed E-state index contributed by atoms with van der Waals surface area (Å²) in [5, 5.41) is 6.67.